The predicted octanol–water partition coefficient (Wildman–Crippen LogP) is 6.08. The summed E-state index contributed by atoms with van der Waals surface area (Å²) in [6, 6.07) is 12.0. The van der Waals surface area contributed by atoms with Crippen LogP contribution >= 0.6 is 23.2 Å². The van der Waals surface area contributed by atoms with Gasteiger partial charge in [0.25, 0.3) is 0 Å². The molecular formula is C23H23Cl2NO3. The fraction of sp³-hybridized carbons (Fsp3) is 0.261. The average Bonchev–Trinajstić information content (AvgIpc) is 2.72. The van der Waals surface area contributed by atoms with Crippen molar-refractivity contribution in [2.45, 2.75) is 26.4 Å². The third kappa shape index (κ3) is 4.95. The highest BCUT2D eigenvalue weighted by Crippen LogP contribution is 2.41. The molecule has 152 valence electrons. The van der Waals surface area contributed by atoms with E-state index in [0.717, 1.165) is 16.7 Å². The second-order valence-corrected chi connectivity index (χ2v) is 7.40. The summed E-state index contributed by atoms with van der Waals surface area (Å²) in [4.78, 5) is 4.01. The largest absolute Gasteiger partial charge is 0.493 e. The Bertz CT molecular complexity index is 972. The lowest BCUT2D eigenvalue weighted by atomic mass is 10.0. The molecule has 0 saturated carbocycles. The van der Waals surface area contributed by atoms with Crippen molar-refractivity contribution < 1.29 is 14.2 Å². The van der Waals surface area contributed by atoms with Gasteiger partial charge in [0, 0.05) is 12.4 Å². The van der Waals surface area contributed by atoms with Crippen LogP contribution in [0.3, 0.4) is 0 Å². The van der Waals surface area contributed by atoms with Crippen molar-refractivity contribution in [1.82, 2.24) is 4.98 Å². The molecule has 0 radical (unpaired) electrons. The SMILES string of the molecule is COc1ccc(CCc2c(Cl)cncc2Cl)c(OCc2ccccc2C)c1OC. The number of methoxy groups -OCH3 is 2. The normalized spacial score (nSPS) is 10.7. The first-order chi connectivity index (χ1) is 14.0. The maximum absolute atomic E-state index is 6.28. The molecule has 0 bridgehead atoms. The first-order valence-electron chi connectivity index (χ1n) is 9.24. The number of rotatable bonds is 8. The minimum absolute atomic E-state index is 0.431. The number of hydrogen-bond donors (Lipinski definition) is 0. The molecule has 0 atom stereocenters. The van der Waals surface area contributed by atoms with Crippen LogP contribution in [0.1, 0.15) is 22.3 Å². The van der Waals surface area contributed by atoms with E-state index >= 15 is 0 Å². The van der Waals surface area contributed by atoms with E-state index in [1.165, 1.54) is 5.56 Å². The summed E-state index contributed by atoms with van der Waals surface area (Å²) >= 11 is 12.6. The second-order valence-electron chi connectivity index (χ2n) is 6.59. The van der Waals surface area contributed by atoms with Gasteiger partial charge < -0.3 is 14.2 Å². The second kappa shape index (κ2) is 9.86. The van der Waals surface area contributed by atoms with Crippen molar-refractivity contribution in [2.75, 3.05) is 14.2 Å². The number of benzene rings is 2. The van der Waals surface area contributed by atoms with E-state index < -0.39 is 0 Å². The quantitative estimate of drug-likeness (QED) is 0.433. The Labute approximate surface area is 181 Å². The average molecular weight is 432 g/mol. The Hall–Kier alpha value is -2.43. The van der Waals surface area contributed by atoms with Crippen LogP contribution in [0.5, 0.6) is 17.2 Å². The van der Waals surface area contributed by atoms with Crippen molar-refractivity contribution in [3.63, 3.8) is 0 Å². The molecule has 0 fully saturated rings. The van der Waals surface area contributed by atoms with Crippen molar-refractivity contribution in [3.05, 3.63) is 81.1 Å². The van der Waals surface area contributed by atoms with Crippen LogP contribution in [0.4, 0.5) is 0 Å². The van der Waals surface area contributed by atoms with Gasteiger partial charge in [0.15, 0.2) is 11.5 Å². The molecule has 0 aliphatic heterocycles. The molecule has 1 heterocycles. The van der Waals surface area contributed by atoms with Gasteiger partial charge in [-0.2, -0.15) is 0 Å². The zero-order valence-corrected chi connectivity index (χ0v) is 18.2. The highest BCUT2D eigenvalue weighted by molar-refractivity contribution is 6.35. The Balaban J connectivity index is 1.90. The molecule has 3 rings (SSSR count). The van der Waals surface area contributed by atoms with Gasteiger partial charge in [-0.25, -0.2) is 0 Å². The standard InChI is InChI=1S/C23H23Cl2NO3/c1-15-6-4-5-7-17(15)14-29-22-16(9-11-21(27-2)23(22)28-3)8-10-18-19(24)12-26-13-20(18)25/h4-7,9,11-13H,8,10,14H2,1-3H3. The van der Waals surface area contributed by atoms with Crippen molar-refractivity contribution in [2.24, 2.45) is 0 Å². The van der Waals surface area contributed by atoms with Crippen LogP contribution in [0.2, 0.25) is 10.0 Å². The molecule has 6 heteroatoms. The van der Waals surface area contributed by atoms with Gasteiger partial charge in [0.2, 0.25) is 5.75 Å². The summed E-state index contributed by atoms with van der Waals surface area (Å²) in [6.45, 7) is 2.50. The number of nitrogens with zero attached hydrogens (tertiary/aromatic N) is 1. The molecule has 0 aliphatic carbocycles. The van der Waals surface area contributed by atoms with E-state index in [2.05, 4.69) is 24.0 Å². The summed E-state index contributed by atoms with van der Waals surface area (Å²) < 4.78 is 17.3. The van der Waals surface area contributed by atoms with E-state index in [1.807, 2.05) is 24.3 Å². The molecule has 3 aromatic rings. The lowest BCUT2D eigenvalue weighted by molar-refractivity contribution is 0.272. The molecular weight excluding hydrogens is 409 g/mol. The van der Waals surface area contributed by atoms with E-state index in [-0.39, 0.29) is 0 Å². The summed E-state index contributed by atoms with van der Waals surface area (Å²) in [5, 5.41) is 1.11. The molecule has 0 aliphatic rings. The van der Waals surface area contributed by atoms with Crippen LogP contribution in [-0.4, -0.2) is 19.2 Å². The Morgan fingerprint density at radius 2 is 1.55 bits per heavy atom. The third-order valence-corrected chi connectivity index (χ3v) is 5.46. The zero-order valence-electron chi connectivity index (χ0n) is 16.7. The van der Waals surface area contributed by atoms with E-state index in [4.69, 9.17) is 37.4 Å². The number of aryl methyl sites for hydroxylation is 2. The lowest BCUT2D eigenvalue weighted by Gasteiger charge is -2.18. The van der Waals surface area contributed by atoms with Gasteiger partial charge >= 0.3 is 0 Å². The molecule has 4 nitrogen and oxygen atoms in total. The predicted molar refractivity (Wildman–Crippen MR) is 117 cm³/mol. The summed E-state index contributed by atoms with van der Waals surface area (Å²) in [5.74, 6) is 1.86. The Morgan fingerprint density at radius 1 is 0.828 bits per heavy atom. The molecule has 0 spiro atoms. The maximum Gasteiger partial charge on any atom is 0.203 e. The molecule has 0 unspecified atom stereocenters. The smallest absolute Gasteiger partial charge is 0.203 e. The van der Waals surface area contributed by atoms with Crippen LogP contribution in [0.15, 0.2) is 48.8 Å². The Morgan fingerprint density at radius 3 is 2.21 bits per heavy atom. The summed E-state index contributed by atoms with van der Waals surface area (Å²) in [6.07, 6.45) is 4.53. The molecule has 29 heavy (non-hydrogen) atoms. The van der Waals surface area contributed by atoms with Gasteiger partial charge in [-0.15, -0.1) is 0 Å². The molecule has 0 saturated heterocycles. The Kier molecular flexibility index (Phi) is 7.24. The van der Waals surface area contributed by atoms with Gasteiger partial charge in [-0.05, 0) is 48.1 Å². The van der Waals surface area contributed by atoms with Crippen LogP contribution in [0, 0.1) is 6.92 Å². The number of pyridine rings is 1. The molecule has 2 aromatic carbocycles. The van der Waals surface area contributed by atoms with Gasteiger partial charge in [0.05, 0.1) is 24.3 Å². The monoisotopic (exact) mass is 431 g/mol. The summed E-state index contributed by atoms with van der Waals surface area (Å²) in [5.41, 5.74) is 4.14. The van der Waals surface area contributed by atoms with E-state index in [9.17, 15) is 0 Å². The van der Waals surface area contributed by atoms with Crippen molar-refractivity contribution in [3.8, 4) is 17.2 Å². The third-order valence-electron chi connectivity index (χ3n) is 4.81. The minimum Gasteiger partial charge on any atom is -0.493 e. The van der Waals surface area contributed by atoms with Crippen molar-refractivity contribution in [1.29, 1.82) is 0 Å². The maximum atomic E-state index is 6.28. The van der Waals surface area contributed by atoms with Crippen molar-refractivity contribution >= 4 is 23.2 Å². The molecule has 0 N–H and O–H groups in total. The number of hydrogen-bond acceptors (Lipinski definition) is 4. The lowest BCUT2D eigenvalue weighted by Crippen LogP contribution is -2.05. The fourth-order valence-corrected chi connectivity index (χ4v) is 3.71. The number of halogens is 2. The summed E-state index contributed by atoms with van der Waals surface area (Å²) in [7, 11) is 3.22. The topological polar surface area (TPSA) is 40.6 Å². The van der Waals surface area contributed by atoms with Crippen LogP contribution in [0.25, 0.3) is 0 Å². The number of ether oxygens (including phenoxy) is 3. The minimum atomic E-state index is 0.431. The van der Waals surface area contributed by atoms with E-state index in [1.54, 1.807) is 26.6 Å². The van der Waals surface area contributed by atoms with E-state index in [0.29, 0.717) is 46.7 Å². The van der Waals surface area contributed by atoms with Gasteiger partial charge in [0.1, 0.15) is 6.61 Å². The zero-order chi connectivity index (χ0) is 20.8. The van der Waals surface area contributed by atoms with Gasteiger partial charge in [-0.3, -0.25) is 4.98 Å². The van der Waals surface area contributed by atoms with Crippen LogP contribution in [-0.2, 0) is 19.4 Å². The van der Waals surface area contributed by atoms with Crippen LogP contribution < -0.4 is 14.2 Å². The fourth-order valence-electron chi connectivity index (χ4n) is 3.15. The highest BCUT2D eigenvalue weighted by atomic mass is 35.5. The first kappa shape index (κ1) is 21.3. The molecule has 0 amide bonds. The number of aromatic nitrogens is 1. The molecule has 1 aromatic heterocycles. The van der Waals surface area contributed by atoms with Gasteiger partial charge in [-0.1, -0.05) is 53.5 Å². The highest BCUT2D eigenvalue weighted by Gasteiger charge is 2.18. The first-order valence-corrected chi connectivity index (χ1v) is 9.99.